The molecule has 20 heavy (non-hydrogen) atoms. The standard InChI is InChI=1S/C16H15BrFNO/c1-11-6-7-13(10-14(11)17)16(20)19-9-8-12-4-2-3-5-15(12)18/h2-7,10H,8-9H2,1H3,(H,19,20). The molecule has 0 fully saturated rings. The first kappa shape index (κ1) is 14.7. The molecule has 0 spiro atoms. The smallest absolute Gasteiger partial charge is 0.251 e. The fourth-order valence-electron chi connectivity index (χ4n) is 1.85. The third-order valence-corrected chi connectivity index (χ3v) is 3.93. The van der Waals surface area contributed by atoms with Gasteiger partial charge in [0, 0.05) is 16.6 Å². The number of benzene rings is 2. The predicted molar refractivity (Wildman–Crippen MR) is 81.3 cm³/mol. The number of carbonyl (C=O) groups excluding carboxylic acids is 1. The SMILES string of the molecule is Cc1ccc(C(=O)NCCc2ccccc2F)cc1Br. The van der Waals surface area contributed by atoms with Crippen molar-refractivity contribution in [1.29, 1.82) is 0 Å². The predicted octanol–water partition coefficient (Wildman–Crippen LogP) is 3.87. The summed E-state index contributed by atoms with van der Waals surface area (Å²) >= 11 is 3.40. The Morgan fingerprint density at radius 2 is 2.00 bits per heavy atom. The summed E-state index contributed by atoms with van der Waals surface area (Å²) in [6.45, 7) is 2.37. The van der Waals surface area contributed by atoms with E-state index in [0.29, 0.717) is 24.1 Å². The van der Waals surface area contributed by atoms with Gasteiger partial charge in [-0.25, -0.2) is 4.39 Å². The first-order valence-corrected chi connectivity index (χ1v) is 7.15. The van der Waals surface area contributed by atoms with Gasteiger partial charge in [0.15, 0.2) is 0 Å². The molecule has 0 unspecified atom stereocenters. The summed E-state index contributed by atoms with van der Waals surface area (Å²) < 4.78 is 14.3. The molecule has 0 aliphatic heterocycles. The van der Waals surface area contributed by atoms with Crippen molar-refractivity contribution in [2.24, 2.45) is 0 Å². The number of hydrogen-bond donors (Lipinski definition) is 1. The van der Waals surface area contributed by atoms with E-state index in [9.17, 15) is 9.18 Å². The Morgan fingerprint density at radius 1 is 1.25 bits per heavy atom. The van der Waals surface area contributed by atoms with Crippen LogP contribution in [-0.4, -0.2) is 12.5 Å². The third kappa shape index (κ3) is 3.67. The molecule has 0 aliphatic rings. The van der Waals surface area contributed by atoms with Gasteiger partial charge in [-0.2, -0.15) is 0 Å². The van der Waals surface area contributed by atoms with E-state index in [1.165, 1.54) is 6.07 Å². The van der Waals surface area contributed by atoms with Crippen molar-refractivity contribution in [2.45, 2.75) is 13.3 Å². The van der Waals surface area contributed by atoms with Gasteiger partial charge in [-0.05, 0) is 42.7 Å². The van der Waals surface area contributed by atoms with Crippen molar-refractivity contribution >= 4 is 21.8 Å². The van der Waals surface area contributed by atoms with Crippen molar-refractivity contribution in [2.75, 3.05) is 6.54 Å². The Bertz CT molecular complexity index is 628. The van der Waals surface area contributed by atoms with E-state index in [0.717, 1.165) is 10.0 Å². The molecule has 2 nitrogen and oxygen atoms in total. The average Bonchev–Trinajstić information content (AvgIpc) is 2.44. The second kappa shape index (κ2) is 6.66. The van der Waals surface area contributed by atoms with Crippen LogP contribution in [0.25, 0.3) is 0 Å². The van der Waals surface area contributed by atoms with Crippen molar-refractivity contribution in [3.05, 3.63) is 69.4 Å². The van der Waals surface area contributed by atoms with Crippen LogP contribution in [0.3, 0.4) is 0 Å². The number of hydrogen-bond acceptors (Lipinski definition) is 1. The number of rotatable bonds is 4. The maximum Gasteiger partial charge on any atom is 0.251 e. The van der Waals surface area contributed by atoms with Gasteiger partial charge in [0.25, 0.3) is 5.91 Å². The van der Waals surface area contributed by atoms with E-state index in [4.69, 9.17) is 0 Å². The van der Waals surface area contributed by atoms with Crippen LogP contribution in [-0.2, 0) is 6.42 Å². The summed E-state index contributed by atoms with van der Waals surface area (Å²) in [5, 5.41) is 2.79. The Balaban J connectivity index is 1.92. The Morgan fingerprint density at radius 3 is 2.70 bits per heavy atom. The van der Waals surface area contributed by atoms with Gasteiger partial charge in [0.2, 0.25) is 0 Å². The Kier molecular flexibility index (Phi) is 4.90. The van der Waals surface area contributed by atoms with E-state index in [-0.39, 0.29) is 11.7 Å². The minimum Gasteiger partial charge on any atom is -0.352 e. The normalized spacial score (nSPS) is 10.3. The van der Waals surface area contributed by atoms with Crippen LogP contribution in [0.4, 0.5) is 4.39 Å². The summed E-state index contributed by atoms with van der Waals surface area (Å²) in [5.41, 5.74) is 2.28. The number of aryl methyl sites for hydroxylation is 1. The van der Waals surface area contributed by atoms with Gasteiger partial charge < -0.3 is 5.32 Å². The van der Waals surface area contributed by atoms with Gasteiger partial charge in [0.05, 0.1) is 0 Å². The molecule has 0 bridgehead atoms. The Labute approximate surface area is 126 Å². The minimum absolute atomic E-state index is 0.151. The van der Waals surface area contributed by atoms with Gasteiger partial charge in [-0.1, -0.05) is 40.2 Å². The molecule has 2 aromatic carbocycles. The van der Waals surface area contributed by atoms with Crippen LogP contribution in [0.15, 0.2) is 46.9 Å². The first-order valence-electron chi connectivity index (χ1n) is 6.35. The first-order chi connectivity index (χ1) is 9.58. The number of nitrogens with one attached hydrogen (secondary N) is 1. The second-order valence-corrected chi connectivity index (χ2v) is 5.42. The lowest BCUT2D eigenvalue weighted by molar-refractivity contribution is 0.0954. The van der Waals surface area contributed by atoms with Gasteiger partial charge in [0.1, 0.15) is 5.82 Å². The number of carbonyl (C=O) groups is 1. The van der Waals surface area contributed by atoms with Crippen LogP contribution in [0, 0.1) is 12.7 Å². The lowest BCUT2D eigenvalue weighted by atomic mass is 10.1. The molecule has 0 saturated carbocycles. The highest BCUT2D eigenvalue weighted by molar-refractivity contribution is 9.10. The zero-order valence-corrected chi connectivity index (χ0v) is 12.7. The van der Waals surface area contributed by atoms with Crippen molar-refractivity contribution < 1.29 is 9.18 Å². The molecule has 1 amide bonds. The van der Waals surface area contributed by atoms with E-state index < -0.39 is 0 Å². The fraction of sp³-hybridized carbons (Fsp3) is 0.188. The molecular formula is C16H15BrFNO. The maximum atomic E-state index is 13.4. The zero-order valence-electron chi connectivity index (χ0n) is 11.1. The van der Waals surface area contributed by atoms with Gasteiger partial charge >= 0.3 is 0 Å². The molecule has 1 N–H and O–H groups in total. The van der Waals surface area contributed by atoms with Gasteiger partial charge in [-0.15, -0.1) is 0 Å². The summed E-state index contributed by atoms with van der Waals surface area (Å²) in [4.78, 5) is 12.0. The highest BCUT2D eigenvalue weighted by atomic mass is 79.9. The second-order valence-electron chi connectivity index (χ2n) is 4.56. The van der Waals surface area contributed by atoms with Crippen LogP contribution in [0.2, 0.25) is 0 Å². The summed E-state index contributed by atoms with van der Waals surface area (Å²) in [7, 11) is 0. The molecule has 0 aromatic heterocycles. The molecular weight excluding hydrogens is 321 g/mol. The summed E-state index contributed by atoms with van der Waals surface area (Å²) in [5.74, 6) is -0.387. The average molecular weight is 336 g/mol. The maximum absolute atomic E-state index is 13.4. The minimum atomic E-state index is -0.236. The van der Waals surface area contributed by atoms with Crippen molar-refractivity contribution in [3.8, 4) is 0 Å². The molecule has 2 rings (SSSR count). The number of halogens is 2. The topological polar surface area (TPSA) is 29.1 Å². The van der Waals surface area contributed by atoms with Crippen molar-refractivity contribution in [3.63, 3.8) is 0 Å². The Hall–Kier alpha value is -1.68. The molecule has 4 heteroatoms. The van der Waals surface area contributed by atoms with Crippen LogP contribution in [0.1, 0.15) is 21.5 Å². The van der Waals surface area contributed by atoms with Crippen molar-refractivity contribution in [1.82, 2.24) is 5.32 Å². The molecule has 0 saturated heterocycles. The van der Waals surface area contributed by atoms with E-state index in [1.807, 2.05) is 13.0 Å². The molecule has 2 aromatic rings. The van der Waals surface area contributed by atoms with Crippen LogP contribution in [0.5, 0.6) is 0 Å². The summed E-state index contributed by atoms with van der Waals surface area (Å²) in [6.07, 6.45) is 0.478. The highest BCUT2D eigenvalue weighted by Crippen LogP contribution is 2.17. The van der Waals surface area contributed by atoms with E-state index in [2.05, 4.69) is 21.2 Å². The van der Waals surface area contributed by atoms with Crippen LogP contribution >= 0.6 is 15.9 Å². The molecule has 0 aliphatic carbocycles. The molecule has 0 atom stereocenters. The third-order valence-electron chi connectivity index (χ3n) is 3.07. The molecule has 104 valence electrons. The monoisotopic (exact) mass is 335 g/mol. The van der Waals surface area contributed by atoms with Gasteiger partial charge in [-0.3, -0.25) is 4.79 Å². The largest absolute Gasteiger partial charge is 0.352 e. The molecule has 0 heterocycles. The fourth-order valence-corrected chi connectivity index (χ4v) is 2.23. The molecule has 0 radical (unpaired) electrons. The summed E-state index contributed by atoms with van der Waals surface area (Å²) in [6, 6.07) is 12.0. The van der Waals surface area contributed by atoms with E-state index >= 15 is 0 Å². The van der Waals surface area contributed by atoms with Crippen LogP contribution < -0.4 is 5.32 Å². The number of amides is 1. The zero-order chi connectivity index (χ0) is 14.5. The van der Waals surface area contributed by atoms with E-state index in [1.54, 1.807) is 30.3 Å². The lowest BCUT2D eigenvalue weighted by Gasteiger charge is -2.07. The lowest BCUT2D eigenvalue weighted by Crippen LogP contribution is -2.25. The highest BCUT2D eigenvalue weighted by Gasteiger charge is 2.07. The quantitative estimate of drug-likeness (QED) is 0.902.